The summed E-state index contributed by atoms with van der Waals surface area (Å²) in [6.07, 6.45) is 0. The van der Waals surface area contributed by atoms with E-state index in [0.717, 1.165) is 27.1 Å². The van der Waals surface area contributed by atoms with Crippen molar-refractivity contribution in [3.05, 3.63) is 57.0 Å². The Hall–Kier alpha value is -1.23. The van der Waals surface area contributed by atoms with Crippen LogP contribution in [-0.4, -0.2) is 7.11 Å². The zero-order valence-corrected chi connectivity index (χ0v) is 14.2. The lowest BCUT2D eigenvalue weighted by atomic mass is 10.1. The molecular weight excluding hydrogens is 354 g/mol. The zero-order chi connectivity index (χ0) is 15.4. The van der Waals surface area contributed by atoms with Gasteiger partial charge in [-0.25, -0.2) is 0 Å². The first-order chi connectivity index (χ1) is 10.0. The number of hydrogen-bond donors (Lipinski definition) is 1. The maximum Gasteiger partial charge on any atom is 0.125 e. The lowest BCUT2D eigenvalue weighted by Crippen LogP contribution is -2.08. The molecule has 2 rings (SSSR count). The number of methoxy groups -OCH3 is 1. The summed E-state index contributed by atoms with van der Waals surface area (Å²) in [6.45, 7) is 2.29. The Kier molecular flexibility index (Phi) is 5.51. The first-order valence-electron chi connectivity index (χ1n) is 6.51. The molecular formula is C16H17BrClNO2. The van der Waals surface area contributed by atoms with E-state index in [9.17, 15) is 0 Å². The second-order valence-electron chi connectivity index (χ2n) is 4.72. The smallest absolute Gasteiger partial charge is 0.125 e. The van der Waals surface area contributed by atoms with Crippen LogP contribution in [0.5, 0.6) is 11.5 Å². The molecule has 0 aliphatic carbocycles. The van der Waals surface area contributed by atoms with Crippen LogP contribution >= 0.6 is 27.5 Å². The van der Waals surface area contributed by atoms with Crippen molar-refractivity contribution >= 4 is 27.5 Å². The number of benzene rings is 2. The van der Waals surface area contributed by atoms with Gasteiger partial charge in [0.1, 0.15) is 18.1 Å². The summed E-state index contributed by atoms with van der Waals surface area (Å²) in [6, 6.07) is 11.1. The third-order valence-corrected chi connectivity index (χ3v) is 3.82. The Morgan fingerprint density at radius 1 is 1.19 bits per heavy atom. The highest BCUT2D eigenvalue weighted by atomic mass is 79.9. The van der Waals surface area contributed by atoms with Crippen molar-refractivity contribution < 1.29 is 9.47 Å². The van der Waals surface area contributed by atoms with Gasteiger partial charge in [-0.2, -0.15) is 0 Å². The minimum Gasteiger partial charge on any atom is -0.496 e. The number of hydrogen-bond acceptors (Lipinski definition) is 3. The second-order valence-corrected chi connectivity index (χ2v) is 6.07. The van der Waals surface area contributed by atoms with Crippen LogP contribution in [0.1, 0.15) is 24.1 Å². The van der Waals surface area contributed by atoms with Crippen molar-refractivity contribution in [2.24, 2.45) is 5.73 Å². The molecule has 0 saturated carbocycles. The van der Waals surface area contributed by atoms with Gasteiger partial charge in [-0.05, 0) is 43.3 Å². The average Bonchev–Trinajstić information content (AvgIpc) is 2.46. The topological polar surface area (TPSA) is 44.5 Å². The molecule has 0 aromatic heterocycles. The predicted octanol–water partition coefficient (Wildman–Crippen LogP) is 4.71. The molecule has 112 valence electrons. The molecule has 0 radical (unpaired) electrons. The zero-order valence-electron chi connectivity index (χ0n) is 11.9. The van der Waals surface area contributed by atoms with E-state index < -0.39 is 0 Å². The third kappa shape index (κ3) is 4.13. The van der Waals surface area contributed by atoms with Crippen molar-refractivity contribution in [3.8, 4) is 11.5 Å². The molecule has 0 amide bonds. The molecule has 0 spiro atoms. The quantitative estimate of drug-likeness (QED) is 0.829. The van der Waals surface area contributed by atoms with Gasteiger partial charge in [-0.15, -0.1) is 0 Å². The van der Waals surface area contributed by atoms with Crippen molar-refractivity contribution in [2.75, 3.05) is 7.11 Å². The van der Waals surface area contributed by atoms with Crippen LogP contribution in [0.3, 0.4) is 0 Å². The standard InChI is InChI=1S/C16H17BrClNO2/c1-10(19)14-8-12(17)3-5-16(14)21-9-11-7-13(18)4-6-15(11)20-2/h3-8,10H,9,19H2,1-2H3. The van der Waals surface area contributed by atoms with E-state index in [1.807, 2.05) is 37.3 Å². The van der Waals surface area contributed by atoms with Crippen LogP contribution < -0.4 is 15.2 Å². The maximum absolute atomic E-state index is 6.02. The molecule has 0 fully saturated rings. The van der Waals surface area contributed by atoms with Crippen LogP contribution in [0.4, 0.5) is 0 Å². The predicted molar refractivity (Wildman–Crippen MR) is 89.1 cm³/mol. The summed E-state index contributed by atoms with van der Waals surface area (Å²) in [4.78, 5) is 0. The van der Waals surface area contributed by atoms with E-state index in [2.05, 4.69) is 15.9 Å². The van der Waals surface area contributed by atoms with Gasteiger partial charge < -0.3 is 15.2 Å². The fourth-order valence-electron chi connectivity index (χ4n) is 2.02. The first kappa shape index (κ1) is 16.1. The first-order valence-corrected chi connectivity index (χ1v) is 7.68. The summed E-state index contributed by atoms with van der Waals surface area (Å²) in [5, 5.41) is 0.651. The molecule has 21 heavy (non-hydrogen) atoms. The van der Waals surface area contributed by atoms with E-state index in [4.69, 9.17) is 26.8 Å². The van der Waals surface area contributed by atoms with Gasteiger partial charge in [-0.1, -0.05) is 27.5 Å². The highest BCUT2D eigenvalue weighted by Gasteiger charge is 2.11. The highest BCUT2D eigenvalue weighted by Crippen LogP contribution is 2.30. The molecule has 1 unspecified atom stereocenters. The molecule has 0 aliphatic heterocycles. The van der Waals surface area contributed by atoms with Crippen molar-refractivity contribution in [3.63, 3.8) is 0 Å². The van der Waals surface area contributed by atoms with Gasteiger partial charge in [0.05, 0.1) is 7.11 Å². The van der Waals surface area contributed by atoms with Gasteiger partial charge in [-0.3, -0.25) is 0 Å². The molecule has 0 heterocycles. The van der Waals surface area contributed by atoms with Crippen LogP contribution in [0.15, 0.2) is 40.9 Å². The van der Waals surface area contributed by atoms with Crippen molar-refractivity contribution in [2.45, 2.75) is 19.6 Å². The lowest BCUT2D eigenvalue weighted by molar-refractivity contribution is 0.292. The summed E-state index contributed by atoms with van der Waals surface area (Å²) >= 11 is 9.47. The number of halogens is 2. The second kappa shape index (κ2) is 7.16. The van der Waals surface area contributed by atoms with Crippen molar-refractivity contribution in [1.82, 2.24) is 0 Å². The monoisotopic (exact) mass is 369 g/mol. The molecule has 2 aromatic carbocycles. The Morgan fingerprint density at radius 2 is 1.90 bits per heavy atom. The van der Waals surface area contributed by atoms with Gasteiger partial charge in [0.25, 0.3) is 0 Å². The van der Waals surface area contributed by atoms with Crippen LogP contribution in [0, 0.1) is 0 Å². The average molecular weight is 371 g/mol. The fourth-order valence-corrected chi connectivity index (χ4v) is 2.60. The largest absolute Gasteiger partial charge is 0.496 e. The number of nitrogens with two attached hydrogens (primary N) is 1. The minimum absolute atomic E-state index is 0.112. The molecule has 0 bridgehead atoms. The van der Waals surface area contributed by atoms with Crippen LogP contribution in [0.25, 0.3) is 0 Å². The summed E-state index contributed by atoms with van der Waals surface area (Å²) < 4.78 is 12.2. The minimum atomic E-state index is -0.112. The normalized spacial score (nSPS) is 12.0. The van der Waals surface area contributed by atoms with E-state index in [-0.39, 0.29) is 6.04 Å². The maximum atomic E-state index is 6.02. The van der Waals surface area contributed by atoms with E-state index in [1.54, 1.807) is 13.2 Å². The lowest BCUT2D eigenvalue weighted by Gasteiger charge is -2.16. The highest BCUT2D eigenvalue weighted by molar-refractivity contribution is 9.10. The van der Waals surface area contributed by atoms with Gasteiger partial charge in [0, 0.05) is 26.7 Å². The fraction of sp³-hybridized carbons (Fsp3) is 0.250. The summed E-state index contributed by atoms with van der Waals surface area (Å²) in [7, 11) is 1.62. The van der Waals surface area contributed by atoms with E-state index in [0.29, 0.717) is 11.6 Å². The molecule has 0 aliphatic rings. The third-order valence-electron chi connectivity index (χ3n) is 3.09. The molecule has 1 atom stereocenters. The molecule has 2 N–H and O–H groups in total. The Labute approximate surface area is 138 Å². The Balaban J connectivity index is 2.22. The Morgan fingerprint density at radius 3 is 2.57 bits per heavy atom. The molecule has 0 saturated heterocycles. The molecule has 3 nitrogen and oxygen atoms in total. The van der Waals surface area contributed by atoms with Gasteiger partial charge in [0.15, 0.2) is 0 Å². The van der Waals surface area contributed by atoms with E-state index >= 15 is 0 Å². The van der Waals surface area contributed by atoms with Crippen molar-refractivity contribution in [1.29, 1.82) is 0 Å². The SMILES string of the molecule is COc1ccc(Cl)cc1COc1ccc(Br)cc1C(C)N. The number of rotatable bonds is 5. The molecule has 5 heteroatoms. The summed E-state index contributed by atoms with van der Waals surface area (Å²) in [5.74, 6) is 1.51. The van der Waals surface area contributed by atoms with Crippen LogP contribution in [-0.2, 0) is 6.61 Å². The summed E-state index contributed by atoms with van der Waals surface area (Å²) in [5.41, 5.74) is 7.83. The van der Waals surface area contributed by atoms with E-state index in [1.165, 1.54) is 0 Å². The van der Waals surface area contributed by atoms with Gasteiger partial charge in [0.2, 0.25) is 0 Å². The van der Waals surface area contributed by atoms with Crippen LogP contribution in [0.2, 0.25) is 5.02 Å². The van der Waals surface area contributed by atoms with Gasteiger partial charge >= 0.3 is 0 Å². The Bertz CT molecular complexity index is 632. The molecule has 2 aromatic rings. The number of ether oxygens (including phenoxy) is 2.